The molecule has 0 radical (unpaired) electrons. The fourth-order valence-electron chi connectivity index (χ4n) is 5.09. The Morgan fingerprint density at radius 1 is 0.562 bits per heavy atom. The van der Waals surface area contributed by atoms with E-state index in [1.807, 2.05) is 54.6 Å². The molecule has 4 aliphatic rings. The number of alkyl halides is 3. The molecule has 0 atom stereocenters. The summed E-state index contributed by atoms with van der Waals surface area (Å²) in [6.45, 7) is 2.16. The lowest BCUT2D eigenvalue weighted by Gasteiger charge is -2.06. The molecule has 236 valence electrons. The molecule has 2 aliphatic carbocycles. The summed E-state index contributed by atoms with van der Waals surface area (Å²) in [6.07, 6.45) is -3.29. The maximum atomic E-state index is 12.6. The summed E-state index contributed by atoms with van der Waals surface area (Å²) >= 11 is 3.37. The monoisotopic (exact) mass is 672 g/mol. The summed E-state index contributed by atoms with van der Waals surface area (Å²) in [5.74, 6) is 0. The van der Waals surface area contributed by atoms with Gasteiger partial charge < -0.3 is 0 Å². The molecule has 0 saturated carbocycles. The van der Waals surface area contributed by atoms with Crippen molar-refractivity contribution in [3.05, 3.63) is 155 Å². The van der Waals surface area contributed by atoms with Gasteiger partial charge in [0.15, 0.2) is 0 Å². The lowest BCUT2D eigenvalue weighted by atomic mass is 10.1. The molecule has 0 fully saturated rings. The average molecular weight is 673 g/mol. The van der Waals surface area contributed by atoms with Gasteiger partial charge in [0.05, 0.1) is 69.2 Å². The van der Waals surface area contributed by atoms with Crippen LogP contribution in [0.15, 0.2) is 143 Å². The number of benzene rings is 6. The zero-order valence-electron chi connectivity index (χ0n) is 25.6. The van der Waals surface area contributed by atoms with Crippen LogP contribution in [0.2, 0.25) is 0 Å². The van der Waals surface area contributed by atoms with E-state index in [-0.39, 0.29) is 0 Å². The molecule has 2 aliphatic heterocycles. The fraction of sp³-hybridized carbons (Fsp3) is 0.0769. The van der Waals surface area contributed by atoms with Gasteiger partial charge in [0.1, 0.15) is 0 Å². The van der Waals surface area contributed by atoms with Crippen LogP contribution in [0.3, 0.4) is 0 Å². The van der Waals surface area contributed by atoms with Gasteiger partial charge in [0, 0.05) is 0 Å². The Morgan fingerprint density at radius 2 is 1.02 bits per heavy atom. The van der Waals surface area contributed by atoms with Crippen LogP contribution in [0, 0.1) is 0 Å². The van der Waals surface area contributed by atoms with E-state index in [0.29, 0.717) is 11.0 Å². The van der Waals surface area contributed by atoms with E-state index >= 15 is 0 Å². The third-order valence-electron chi connectivity index (χ3n) is 7.59. The van der Waals surface area contributed by atoms with E-state index in [9.17, 15) is 13.2 Å². The summed E-state index contributed by atoms with van der Waals surface area (Å²) in [5.41, 5.74) is 6.00. The van der Waals surface area contributed by atoms with Gasteiger partial charge in [-0.05, 0) is 109 Å². The summed E-state index contributed by atoms with van der Waals surface area (Å²) in [7, 11) is 0. The van der Waals surface area contributed by atoms with Crippen molar-refractivity contribution in [1.29, 1.82) is 0 Å². The Kier molecular flexibility index (Phi) is 8.80. The zero-order chi connectivity index (χ0) is 33.1. The molecule has 4 nitrogen and oxygen atoms in total. The number of aryl methyl sites for hydroxylation is 1. The first-order valence-corrected chi connectivity index (χ1v) is 16.9. The molecule has 48 heavy (non-hydrogen) atoms. The third kappa shape index (κ3) is 7.17. The highest BCUT2D eigenvalue weighted by molar-refractivity contribution is 7.21. The number of para-hydroxylation sites is 2. The van der Waals surface area contributed by atoms with Crippen molar-refractivity contribution >= 4 is 54.5 Å². The Morgan fingerprint density at radius 3 is 1.48 bits per heavy atom. The second-order valence-corrected chi connectivity index (χ2v) is 13.1. The third-order valence-corrected chi connectivity index (χ3v) is 9.82. The van der Waals surface area contributed by atoms with Gasteiger partial charge in [-0.25, -0.2) is 20.0 Å². The van der Waals surface area contributed by atoms with E-state index < -0.39 is 11.7 Å². The van der Waals surface area contributed by atoms with Crippen LogP contribution < -0.4 is 10.7 Å². The molecule has 0 bridgehead atoms. The Balaban J connectivity index is 0.000000152. The van der Waals surface area contributed by atoms with E-state index in [2.05, 4.69) is 71.5 Å². The largest absolute Gasteiger partial charge is 0.416 e. The van der Waals surface area contributed by atoms with Crippen molar-refractivity contribution in [1.82, 2.24) is 9.97 Å². The Labute approximate surface area is 282 Å². The average Bonchev–Trinajstić information content (AvgIpc) is 3.10. The maximum absolute atomic E-state index is 12.6. The van der Waals surface area contributed by atoms with E-state index in [0.717, 1.165) is 66.5 Å². The second kappa shape index (κ2) is 13.5. The van der Waals surface area contributed by atoms with E-state index in [1.165, 1.54) is 22.4 Å². The van der Waals surface area contributed by atoms with Crippen LogP contribution in [-0.4, -0.2) is 9.97 Å². The molecule has 0 unspecified atom stereocenters. The number of nitrogens with zero attached hydrogens (tertiary/aromatic N) is 4. The highest BCUT2D eigenvalue weighted by Gasteiger charge is 2.29. The number of hydrogen-bond acceptors (Lipinski definition) is 6. The number of rotatable bonds is 3. The van der Waals surface area contributed by atoms with Crippen molar-refractivity contribution in [3.8, 4) is 21.1 Å². The van der Waals surface area contributed by atoms with Gasteiger partial charge in [-0.1, -0.05) is 43.3 Å². The SMILES string of the molecule is CCc1ccc(N=c2ccc3nc4ccccc4sc-3c2)cc1.FC(F)(F)c1ccc(N=c2ccc3nc4ccccc4sc-3c2)cc1. The quantitative estimate of drug-likeness (QED) is 0.175. The topological polar surface area (TPSA) is 50.5 Å². The Hall–Kier alpha value is -5.25. The van der Waals surface area contributed by atoms with Gasteiger partial charge in [0.2, 0.25) is 0 Å². The summed E-state index contributed by atoms with van der Waals surface area (Å²) in [6, 6.07) is 41.2. The van der Waals surface area contributed by atoms with E-state index in [4.69, 9.17) is 9.98 Å². The van der Waals surface area contributed by atoms with Gasteiger partial charge in [-0.15, -0.1) is 22.7 Å². The van der Waals surface area contributed by atoms with Crippen molar-refractivity contribution < 1.29 is 13.2 Å². The van der Waals surface area contributed by atoms with Crippen LogP contribution in [-0.2, 0) is 12.6 Å². The fourth-order valence-corrected chi connectivity index (χ4v) is 7.09. The van der Waals surface area contributed by atoms with Crippen LogP contribution in [0.5, 0.6) is 0 Å². The minimum Gasteiger partial charge on any atom is -0.249 e. The van der Waals surface area contributed by atoms with Gasteiger partial charge in [0.25, 0.3) is 0 Å². The molecule has 8 rings (SSSR count). The molecule has 0 amide bonds. The van der Waals surface area contributed by atoms with Crippen LogP contribution in [0.4, 0.5) is 24.5 Å². The molecular formula is C39H27F3N4S2. The molecule has 0 spiro atoms. The molecule has 2 heterocycles. The van der Waals surface area contributed by atoms with E-state index in [1.54, 1.807) is 22.7 Å². The first-order valence-electron chi connectivity index (χ1n) is 15.3. The van der Waals surface area contributed by atoms with Crippen molar-refractivity contribution in [2.75, 3.05) is 0 Å². The first-order chi connectivity index (χ1) is 23.3. The molecule has 4 aromatic carbocycles. The van der Waals surface area contributed by atoms with Crippen molar-refractivity contribution in [3.63, 3.8) is 0 Å². The molecule has 0 saturated heterocycles. The summed E-state index contributed by atoms with van der Waals surface area (Å²) in [5, 5.41) is 1.65. The lowest BCUT2D eigenvalue weighted by molar-refractivity contribution is -0.137. The molecule has 0 aromatic heterocycles. The first kappa shape index (κ1) is 31.4. The minimum absolute atomic E-state index is 0.478. The van der Waals surface area contributed by atoms with Crippen LogP contribution in [0.25, 0.3) is 41.6 Å². The smallest absolute Gasteiger partial charge is 0.249 e. The predicted octanol–water partition coefficient (Wildman–Crippen LogP) is 10.8. The Bertz CT molecular complexity index is 2430. The van der Waals surface area contributed by atoms with Crippen LogP contribution in [0.1, 0.15) is 18.1 Å². The molecular weight excluding hydrogens is 646 g/mol. The number of halogens is 3. The van der Waals surface area contributed by atoms with Gasteiger partial charge in [-0.3, -0.25) is 0 Å². The number of aromatic nitrogens is 2. The summed E-state index contributed by atoms with van der Waals surface area (Å²) in [4.78, 5) is 20.6. The number of fused-ring (bicyclic) bond motifs is 4. The normalized spacial score (nSPS) is 12.5. The predicted molar refractivity (Wildman–Crippen MR) is 190 cm³/mol. The summed E-state index contributed by atoms with van der Waals surface area (Å²) < 4.78 is 40.1. The zero-order valence-corrected chi connectivity index (χ0v) is 27.3. The highest BCUT2D eigenvalue weighted by Crippen LogP contribution is 2.32. The number of hydrogen-bond donors (Lipinski definition) is 0. The lowest BCUT2D eigenvalue weighted by Crippen LogP contribution is -2.04. The standard InChI is InChI=1S/C20H16N2S.C19H11F3N2S/c1-2-14-7-9-15(10-8-14)21-16-11-12-18-20(13-16)23-19-6-4-3-5-17(19)22-18;20-19(21,22)12-5-7-13(8-6-12)23-14-9-10-16-18(11-14)25-17-4-2-1-3-15(17)24-16/h3-13H,2H2,1H3;1-11H. The second-order valence-electron chi connectivity index (χ2n) is 11.0. The maximum Gasteiger partial charge on any atom is 0.416 e. The van der Waals surface area contributed by atoms with Gasteiger partial charge in [-0.2, -0.15) is 13.2 Å². The van der Waals surface area contributed by atoms with Crippen molar-refractivity contribution in [2.45, 2.75) is 19.5 Å². The minimum atomic E-state index is -4.34. The molecule has 0 N–H and O–H groups in total. The highest BCUT2D eigenvalue weighted by atomic mass is 32.1. The molecule has 9 heteroatoms. The van der Waals surface area contributed by atoms with Gasteiger partial charge >= 0.3 is 6.18 Å². The van der Waals surface area contributed by atoms with Crippen LogP contribution >= 0.6 is 22.7 Å². The molecule has 4 aromatic rings. The van der Waals surface area contributed by atoms with Crippen molar-refractivity contribution in [2.24, 2.45) is 9.98 Å².